The summed E-state index contributed by atoms with van der Waals surface area (Å²) < 4.78 is 23.9. The number of carbonyl (C=O) groups is 2. The van der Waals surface area contributed by atoms with E-state index in [1.807, 2.05) is 36.4 Å². The number of anilines is 1. The van der Waals surface area contributed by atoms with Crippen molar-refractivity contribution in [3.63, 3.8) is 0 Å². The van der Waals surface area contributed by atoms with E-state index >= 15 is 4.39 Å². The number of nitrogens with one attached hydrogen (secondary N) is 1. The summed E-state index contributed by atoms with van der Waals surface area (Å²) in [4.78, 5) is 40.2. The topological polar surface area (TPSA) is 133 Å². The summed E-state index contributed by atoms with van der Waals surface area (Å²) in [5.41, 5.74) is 3.84. The SMILES string of the molecule is COc1ccccc1-c1cc(C2=CCCN(C(=O)CCn3ccnn3)C2)c(F)c2[nH]c(C(=O)N3CCN(c4cc(CO)ccn4)CC3)cc12. The van der Waals surface area contributed by atoms with Crippen molar-refractivity contribution in [2.24, 2.45) is 0 Å². The van der Waals surface area contributed by atoms with Crippen molar-refractivity contribution in [3.8, 4) is 16.9 Å². The maximum absolute atomic E-state index is 16.6. The van der Waals surface area contributed by atoms with Gasteiger partial charge in [-0.1, -0.05) is 29.5 Å². The summed E-state index contributed by atoms with van der Waals surface area (Å²) in [5, 5.41) is 17.8. The molecule has 5 aromatic rings. The van der Waals surface area contributed by atoms with E-state index in [0.717, 1.165) is 16.9 Å². The third kappa shape index (κ3) is 6.49. The second-order valence-electron chi connectivity index (χ2n) is 12.2. The second kappa shape index (κ2) is 13.9. The molecule has 0 saturated carbocycles. The highest BCUT2D eigenvalue weighted by atomic mass is 19.1. The minimum Gasteiger partial charge on any atom is -0.496 e. The first-order chi connectivity index (χ1) is 23.9. The predicted octanol–water partition coefficient (Wildman–Crippen LogP) is 4.13. The van der Waals surface area contributed by atoms with Gasteiger partial charge < -0.3 is 29.5 Å². The standard InChI is InChI=1S/C36H37FN8O4/c1-49-31-7-3-2-6-26(31)28-20-27(25-5-4-12-44(22-25)33(47)9-13-45-14-11-39-41-45)34(37)35-29(28)21-30(40-35)36(48)43-17-15-42(16-18-43)32-19-24(23-46)8-10-38-32/h2-3,5-8,10-11,14,19-21,40,46H,4,9,12-13,15-18,22-23H2,1H3. The number of benzene rings is 2. The van der Waals surface area contributed by atoms with Gasteiger partial charge in [0.15, 0.2) is 5.82 Å². The number of aromatic nitrogens is 5. The summed E-state index contributed by atoms with van der Waals surface area (Å²) in [6.45, 7) is 3.20. The summed E-state index contributed by atoms with van der Waals surface area (Å²) in [6, 6.07) is 14.7. The van der Waals surface area contributed by atoms with E-state index in [1.165, 1.54) is 0 Å². The summed E-state index contributed by atoms with van der Waals surface area (Å²) in [5.74, 6) is 0.634. The molecule has 12 nitrogen and oxygen atoms in total. The van der Waals surface area contributed by atoms with Gasteiger partial charge >= 0.3 is 0 Å². The normalized spacial score (nSPS) is 15.1. The Labute approximate surface area is 282 Å². The highest BCUT2D eigenvalue weighted by Crippen LogP contribution is 2.40. The van der Waals surface area contributed by atoms with Crippen LogP contribution in [0.25, 0.3) is 27.6 Å². The fraction of sp³-hybridized carbons (Fsp3) is 0.306. The maximum atomic E-state index is 16.6. The number of piperazine rings is 1. The number of methoxy groups -OCH3 is 1. The number of pyridine rings is 1. The molecule has 0 radical (unpaired) electrons. The van der Waals surface area contributed by atoms with Crippen LogP contribution in [0.3, 0.4) is 0 Å². The van der Waals surface area contributed by atoms with Gasteiger partial charge in [0.05, 0.1) is 32.0 Å². The fourth-order valence-corrected chi connectivity index (χ4v) is 6.61. The van der Waals surface area contributed by atoms with Gasteiger partial charge in [0.25, 0.3) is 5.91 Å². The quantitative estimate of drug-likeness (QED) is 0.241. The molecular formula is C36H37FN8O4. The maximum Gasteiger partial charge on any atom is 0.270 e. The van der Waals surface area contributed by atoms with Gasteiger partial charge in [0.2, 0.25) is 5.91 Å². The van der Waals surface area contributed by atoms with Crippen LogP contribution in [0.2, 0.25) is 0 Å². The minimum atomic E-state index is -0.476. The van der Waals surface area contributed by atoms with E-state index in [0.29, 0.717) is 79.2 Å². The van der Waals surface area contributed by atoms with Crippen molar-refractivity contribution in [1.82, 2.24) is 34.8 Å². The number of aliphatic hydroxyl groups excluding tert-OH is 1. The molecule has 2 N–H and O–H groups in total. The average molecular weight is 665 g/mol. The van der Waals surface area contributed by atoms with Crippen molar-refractivity contribution < 1.29 is 23.8 Å². The zero-order valence-corrected chi connectivity index (χ0v) is 27.2. The van der Waals surface area contributed by atoms with Crippen molar-refractivity contribution in [2.45, 2.75) is 26.0 Å². The summed E-state index contributed by atoms with van der Waals surface area (Å²) in [6.07, 6.45) is 7.78. The molecule has 3 aromatic heterocycles. The third-order valence-corrected chi connectivity index (χ3v) is 9.24. The first-order valence-electron chi connectivity index (χ1n) is 16.3. The number of aliphatic hydroxyl groups is 1. The van der Waals surface area contributed by atoms with Crippen LogP contribution in [-0.4, -0.2) is 98.1 Å². The van der Waals surface area contributed by atoms with Gasteiger partial charge in [0, 0.05) is 74.6 Å². The fourth-order valence-electron chi connectivity index (χ4n) is 6.61. The Kier molecular flexibility index (Phi) is 9.07. The Morgan fingerprint density at radius 1 is 0.980 bits per heavy atom. The van der Waals surface area contributed by atoms with E-state index in [4.69, 9.17) is 4.74 Å². The number of fused-ring (bicyclic) bond motifs is 1. The number of aromatic amines is 1. The second-order valence-corrected chi connectivity index (χ2v) is 12.2. The third-order valence-electron chi connectivity index (χ3n) is 9.24. The number of para-hydroxylation sites is 1. The molecule has 0 spiro atoms. The van der Waals surface area contributed by atoms with Crippen LogP contribution >= 0.6 is 0 Å². The van der Waals surface area contributed by atoms with E-state index in [1.54, 1.807) is 58.4 Å². The lowest BCUT2D eigenvalue weighted by atomic mass is 9.93. The molecule has 0 atom stereocenters. The van der Waals surface area contributed by atoms with E-state index in [2.05, 4.69) is 25.2 Å². The van der Waals surface area contributed by atoms with E-state index in [-0.39, 0.29) is 36.9 Å². The van der Waals surface area contributed by atoms with Crippen LogP contribution < -0.4 is 9.64 Å². The number of halogens is 1. The molecule has 5 heterocycles. The first kappa shape index (κ1) is 32.0. The lowest BCUT2D eigenvalue weighted by Crippen LogP contribution is -2.49. The number of aryl methyl sites for hydroxylation is 1. The van der Waals surface area contributed by atoms with Crippen molar-refractivity contribution >= 4 is 34.1 Å². The Morgan fingerprint density at radius 2 is 1.82 bits per heavy atom. The molecule has 7 rings (SSSR count). The van der Waals surface area contributed by atoms with Crippen molar-refractivity contribution in [2.75, 3.05) is 51.3 Å². The van der Waals surface area contributed by atoms with Gasteiger partial charge in [-0.15, -0.1) is 5.10 Å². The van der Waals surface area contributed by atoms with Gasteiger partial charge in [-0.05, 0) is 53.5 Å². The van der Waals surface area contributed by atoms with Crippen LogP contribution in [0.1, 0.15) is 34.5 Å². The lowest BCUT2D eigenvalue weighted by Gasteiger charge is -2.35. The lowest BCUT2D eigenvalue weighted by molar-refractivity contribution is -0.131. The molecule has 0 unspecified atom stereocenters. The number of carbonyl (C=O) groups excluding carboxylic acids is 2. The van der Waals surface area contributed by atoms with E-state index in [9.17, 15) is 14.7 Å². The Hall–Kier alpha value is -5.56. The highest BCUT2D eigenvalue weighted by Gasteiger charge is 2.28. The average Bonchev–Trinajstić information content (AvgIpc) is 3.85. The highest BCUT2D eigenvalue weighted by molar-refractivity contribution is 6.05. The predicted molar refractivity (Wildman–Crippen MR) is 182 cm³/mol. The van der Waals surface area contributed by atoms with Gasteiger partial charge in [-0.25, -0.2) is 9.37 Å². The number of hydrogen-bond acceptors (Lipinski definition) is 8. The molecule has 1 saturated heterocycles. The summed E-state index contributed by atoms with van der Waals surface area (Å²) in [7, 11) is 1.59. The van der Waals surface area contributed by atoms with Crippen LogP contribution in [0.4, 0.5) is 10.2 Å². The molecule has 0 aliphatic carbocycles. The summed E-state index contributed by atoms with van der Waals surface area (Å²) >= 11 is 0. The molecule has 0 bridgehead atoms. The number of rotatable bonds is 9. The molecule has 252 valence electrons. The Balaban J connectivity index is 1.18. The number of hydrogen-bond donors (Lipinski definition) is 2. The van der Waals surface area contributed by atoms with Crippen LogP contribution in [-0.2, 0) is 17.9 Å². The van der Waals surface area contributed by atoms with Crippen molar-refractivity contribution in [1.29, 1.82) is 0 Å². The zero-order chi connectivity index (χ0) is 33.9. The Morgan fingerprint density at radius 3 is 2.59 bits per heavy atom. The number of amides is 2. The van der Waals surface area contributed by atoms with Crippen LogP contribution in [0.5, 0.6) is 5.75 Å². The molecule has 49 heavy (non-hydrogen) atoms. The van der Waals surface area contributed by atoms with Gasteiger partial charge in [-0.3, -0.25) is 14.3 Å². The first-order valence-corrected chi connectivity index (χ1v) is 16.3. The van der Waals surface area contributed by atoms with Crippen molar-refractivity contribution in [3.05, 3.63) is 95.8 Å². The largest absolute Gasteiger partial charge is 0.496 e. The van der Waals surface area contributed by atoms with Crippen LogP contribution in [0, 0.1) is 5.82 Å². The molecule has 2 amide bonds. The zero-order valence-electron chi connectivity index (χ0n) is 27.2. The molecule has 13 heteroatoms. The van der Waals surface area contributed by atoms with E-state index < -0.39 is 5.82 Å². The molecule has 2 aromatic carbocycles. The molecule has 2 aliphatic heterocycles. The molecule has 2 aliphatic rings. The molecular weight excluding hydrogens is 627 g/mol. The smallest absolute Gasteiger partial charge is 0.270 e. The minimum absolute atomic E-state index is 0.0442. The molecule has 1 fully saturated rings. The van der Waals surface area contributed by atoms with Gasteiger partial charge in [-0.2, -0.15) is 0 Å². The number of ether oxygens (including phenoxy) is 1. The number of H-pyrrole nitrogens is 1. The van der Waals surface area contributed by atoms with Gasteiger partial charge in [0.1, 0.15) is 17.3 Å². The van der Waals surface area contributed by atoms with Crippen LogP contribution in [0.15, 0.2) is 73.2 Å². The monoisotopic (exact) mass is 664 g/mol. The Bertz CT molecular complexity index is 2020. The number of nitrogens with zero attached hydrogens (tertiary/aromatic N) is 7.